The molecule has 0 heterocycles. The maximum Gasteiger partial charge on any atom is 0.420 e. The number of imide groups is 1. The number of amides is 2. The predicted molar refractivity (Wildman–Crippen MR) is 116 cm³/mol. The van der Waals surface area contributed by atoms with Crippen molar-refractivity contribution in [3.63, 3.8) is 0 Å². The molecule has 8 nitrogen and oxygen atoms in total. The summed E-state index contributed by atoms with van der Waals surface area (Å²) in [6.45, 7) is 14.8. The highest BCUT2D eigenvalue weighted by atomic mass is 32.2. The second-order valence-electron chi connectivity index (χ2n) is 8.75. The normalized spacial score (nSPS) is 12.5. The van der Waals surface area contributed by atoms with Gasteiger partial charge in [0.15, 0.2) is 5.78 Å². The van der Waals surface area contributed by atoms with Gasteiger partial charge in [0.25, 0.3) is 0 Å². The van der Waals surface area contributed by atoms with E-state index in [1.807, 2.05) is 6.26 Å². The van der Waals surface area contributed by atoms with Crippen molar-refractivity contribution in [3.8, 4) is 0 Å². The smallest absolute Gasteiger partial charge is 0.420 e. The highest BCUT2D eigenvalue weighted by Gasteiger charge is 2.40. The maximum atomic E-state index is 12.8. The van der Waals surface area contributed by atoms with Crippen LogP contribution in [-0.4, -0.2) is 64.7 Å². The highest BCUT2D eigenvalue weighted by molar-refractivity contribution is 7.98. The molecule has 30 heavy (non-hydrogen) atoms. The Hall–Kier alpha value is -2.03. The van der Waals surface area contributed by atoms with Gasteiger partial charge in [0.1, 0.15) is 17.2 Å². The molecule has 0 fully saturated rings. The van der Waals surface area contributed by atoms with Crippen molar-refractivity contribution < 1.29 is 33.4 Å². The van der Waals surface area contributed by atoms with Crippen LogP contribution in [0.2, 0.25) is 0 Å². The van der Waals surface area contributed by atoms with Gasteiger partial charge in [-0.05, 0) is 72.5 Å². The molecule has 0 rings (SSSR count). The lowest BCUT2D eigenvalue weighted by molar-refractivity contribution is -0.150. The van der Waals surface area contributed by atoms with E-state index in [0.717, 1.165) is 0 Å². The summed E-state index contributed by atoms with van der Waals surface area (Å²) < 4.78 is 15.8. The van der Waals surface area contributed by atoms with E-state index in [1.54, 1.807) is 48.5 Å². The van der Waals surface area contributed by atoms with Gasteiger partial charge < -0.3 is 14.2 Å². The Morgan fingerprint density at radius 3 is 1.80 bits per heavy atom. The van der Waals surface area contributed by atoms with Gasteiger partial charge in [0.05, 0.1) is 6.61 Å². The number of hydrogen-bond acceptors (Lipinski definition) is 8. The summed E-state index contributed by atoms with van der Waals surface area (Å²) in [5.41, 5.74) is -1.42. The fraction of sp³-hybridized carbons (Fsp3) is 0.714. The second-order valence-corrected chi connectivity index (χ2v) is 9.73. The third-order valence-corrected chi connectivity index (χ3v) is 4.05. The Kier molecular flexibility index (Phi) is 11.2. The summed E-state index contributed by atoms with van der Waals surface area (Å²) in [5, 5.41) is 0. The molecule has 0 aliphatic carbocycles. The number of Topliss-reactive ketones (excluding diaryl/α,β-unsaturated/α-hetero) is 1. The van der Waals surface area contributed by atoms with Crippen LogP contribution in [0.4, 0.5) is 9.59 Å². The minimum absolute atomic E-state index is 0.0325. The molecule has 0 saturated heterocycles. The molecule has 0 aromatic carbocycles. The van der Waals surface area contributed by atoms with Crippen molar-refractivity contribution in [1.82, 2.24) is 4.90 Å². The fourth-order valence-electron chi connectivity index (χ4n) is 2.09. The van der Waals surface area contributed by atoms with Crippen molar-refractivity contribution in [2.75, 3.05) is 18.6 Å². The number of carbonyl (C=O) groups is 4. The number of esters is 1. The van der Waals surface area contributed by atoms with Crippen LogP contribution >= 0.6 is 11.8 Å². The predicted octanol–water partition coefficient (Wildman–Crippen LogP) is 4.36. The number of ether oxygens (including phenoxy) is 3. The van der Waals surface area contributed by atoms with E-state index < -0.39 is 35.4 Å². The van der Waals surface area contributed by atoms with Gasteiger partial charge in [0.2, 0.25) is 0 Å². The van der Waals surface area contributed by atoms with Crippen molar-refractivity contribution in [3.05, 3.63) is 12.2 Å². The standard InChI is InChI=1S/C21H35NO7S/c1-14(2)16(23)10-12-27-17(24)15(11-13-30-9)22(18(25)28-20(3,4)5)19(26)29-21(6,7)8/h15H,1,10-13H2,2-9H3/t15-/m0/s1. The molecule has 1 atom stereocenters. The quantitative estimate of drug-likeness (QED) is 0.293. The van der Waals surface area contributed by atoms with Crippen LogP contribution in [0.25, 0.3) is 0 Å². The first-order chi connectivity index (χ1) is 13.6. The molecule has 0 unspecified atom stereocenters. The Bertz CT molecular complexity index is 619. The molecule has 9 heteroatoms. The van der Waals surface area contributed by atoms with Gasteiger partial charge in [-0.2, -0.15) is 16.7 Å². The zero-order valence-electron chi connectivity index (χ0n) is 19.3. The van der Waals surface area contributed by atoms with Crippen molar-refractivity contribution >= 4 is 35.7 Å². The van der Waals surface area contributed by atoms with E-state index in [1.165, 1.54) is 11.8 Å². The Morgan fingerprint density at radius 2 is 1.43 bits per heavy atom. The summed E-state index contributed by atoms with van der Waals surface area (Å²) in [5.74, 6) is -0.568. The lowest BCUT2D eigenvalue weighted by atomic mass is 10.1. The molecule has 0 aliphatic rings. The van der Waals surface area contributed by atoms with Gasteiger partial charge in [-0.1, -0.05) is 6.58 Å². The van der Waals surface area contributed by atoms with Gasteiger partial charge in [-0.15, -0.1) is 0 Å². The van der Waals surface area contributed by atoms with Gasteiger partial charge >= 0.3 is 18.2 Å². The van der Waals surface area contributed by atoms with E-state index in [4.69, 9.17) is 14.2 Å². The lowest BCUT2D eigenvalue weighted by Crippen LogP contribution is -2.52. The summed E-state index contributed by atoms with van der Waals surface area (Å²) >= 11 is 1.44. The molecule has 0 bridgehead atoms. The molecule has 0 radical (unpaired) electrons. The summed E-state index contributed by atoms with van der Waals surface area (Å²) in [6, 6.07) is -1.25. The molecule has 0 aromatic heterocycles. The number of thioether (sulfide) groups is 1. The highest BCUT2D eigenvalue weighted by Crippen LogP contribution is 2.20. The van der Waals surface area contributed by atoms with E-state index in [9.17, 15) is 19.2 Å². The molecule has 172 valence electrons. The second kappa shape index (κ2) is 12.0. The first-order valence-corrected chi connectivity index (χ1v) is 11.1. The molecule has 0 saturated carbocycles. The zero-order chi connectivity index (χ0) is 23.7. The Labute approximate surface area is 183 Å². The van der Waals surface area contributed by atoms with E-state index in [-0.39, 0.29) is 25.2 Å². The molecule has 0 spiro atoms. The van der Waals surface area contributed by atoms with Crippen LogP contribution in [-0.2, 0) is 23.8 Å². The van der Waals surface area contributed by atoms with Crippen molar-refractivity contribution in [2.45, 2.75) is 78.6 Å². The van der Waals surface area contributed by atoms with Crippen LogP contribution < -0.4 is 0 Å². The van der Waals surface area contributed by atoms with E-state index in [2.05, 4.69) is 6.58 Å². The minimum Gasteiger partial charge on any atom is -0.464 e. The minimum atomic E-state index is -1.25. The molecule has 0 aliphatic heterocycles. The molecular formula is C21H35NO7S. The van der Waals surface area contributed by atoms with Crippen LogP contribution in [0.15, 0.2) is 12.2 Å². The molecular weight excluding hydrogens is 410 g/mol. The lowest BCUT2D eigenvalue weighted by Gasteiger charge is -2.32. The van der Waals surface area contributed by atoms with Crippen LogP contribution in [0.3, 0.4) is 0 Å². The van der Waals surface area contributed by atoms with Crippen molar-refractivity contribution in [2.24, 2.45) is 0 Å². The molecule has 0 aromatic rings. The van der Waals surface area contributed by atoms with Gasteiger partial charge in [-0.3, -0.25) is 4.79 Å². The first kappa shape index (κ1) is 28.0. The first-order valence-electron chi connectivity index (χ1n) is 9.68. The third-order valence-electron chi connectivity index (χ3n) is 3.41. The topological polar surface area (TPSA) is 99.2 Å². The van der Waals surface area contributed by atoms with Crippen LogP contribution in [0.5, 0.6) is 0 Å². The summed E-state index contributed by atoms with van der Waals surface area (Å²) in [6.07, 6.45) is -0.0583. The van der Waals surface area contributed by atoms with E-state index in [0.29, 0.717) is 16.2 Å². The number of hydrogen-bond donors (Lipinski definition) is 0. The monoisotopic (exact) mass is 445 g/mol. The number of carbonyl (C=O) groups excluding carboxylic acids is 4. The van der Waals surface area contributed by atoms with Crippen LogP contribution in [0, 0.1) is 0 Å². The number of rotatable bonds is 9. The SMILES string of the molecule is C=C(C)C(=O)CCOC(=O)[C@H](CCSC)N(C(=O)OC(C)(C)C)C(=O)OC(C)(C)C. The van der Waals surface area contributed by atoms with Crippen molar-refractivity contribution in [1.29, 1.82) is 0 Å². The largest absolute Gasteiger partial charge is 0.464 e. The summed E-state index contributed by atoms with van der Waals surface area (Å²) in [4.78, 5) is 50.7. The Balaban J connectivity index is 5.70. The number of allylic oxidation sites excluding steroid dienone is 1. The van der Waals surface area contributed by atoms with Gasteiger partial charge in [-0.25, -0.2) is 14.4 Å². The zero-order valence-corrected chi connectivity index (χ0v) is 20.1. The summed E-state index contributed by atoms with van der Waals surface area (Å²) in [7, 11) is 0. The third kappa shape index (κ3) is 11.2. The average Bonchev–Trinajstić information content (AvgIpc) is 2.54. The molecule has 2 amide bonds. The van der Waals surface area contributed by atoms with E-state index >= 15 is 0 Å². The average molecular weight is 446 g/mol. The molecule has 0 N–H and O–H groups in total. The number of ketones is 1. The fourth-order valence-corrected chi connectivity index (χ4v) is 2.55. The van der Waals surface area contributed by atoms with Gasteiger partial charge in [0, 0.05) is 6.42 Å². The Morgan fingerprint density at radius 1 is 0.967 bits per heavy atom. The number of nitrogens with zero attached hydrogens (tertiary/aromatic N) is 1. The maximum absolute atomic E-state index is 12.8. The van der Waals surface area contributed by atoms with Crippen LogP contribution in [0.1, 0.15) is 61.3 Å².